The van der Waals surface area contributed by atoms with Crippen LogP contribution in [-0.2, 0) is 19.6 Å². The van der Waals surface area contributed by atoms with Gasteiger partial charge in [-0.1, -0.05) is 47.5 Å². The van der Waals surface area contributed by atoms with Gasteiger partial charge in [-0.2, -0.15) is 0 Å². The lowest BCUT2D eigenvalue weighted by Crippen LogP contribution is -2.37. The van der Waals surface area contributed by atoms with Crippen molar-refractivity contribution in [1.82, 2.24) is 9.62 Å². The average Bonchev–Trinajstić information content (AvgIpc) is 2.93. The van der Waals surface area contributed by atoms with Gasteiger partial charge in [-0.15, -0.1) is 11.3 Å². The number of amides is 2. The van der Waals surface area contributed by atoms with E-state index in [2.05, 4.69) is 0 Å². The molecule has 0 spiro atoms. The summed E-state index contributed by atoms with van der Waals surface area (Å²) in [5.41, 5.74) is 1.63. The quantitative estimate of drug-likeness (QED) is 0.776. The number of fused-ring (bicyclic) bond motifs is 1. The minimum atomic E-state index is -4.16. The maximum absolute atomic E-state index is 12.5. The molecule has 0 aliphatic carbocycles. The van der Waals surface area contributed by atoms with Gasteiger partial charge in [0, 0.05) is 13.1 Å². The molecule has 1 aromatic heterocycles. The minimum Gasteiger partial charge on any atom is -0.311 e. The topological polar surface area (TPSA) is 83.6 Å². The predicted octanol–water partition coefficient (Wildman–Crippen LogP) is 3.82. The van der Waals surface area contributed by atoms with Crippen molar-refractivity contribution in [2.24, 2.45) is 0 Å². The lowest BCUT2D eigenvalue weighted by Gasteiger charge is -2.32. The highest BCUT2D eigenvalue weighted by atomic mass is 35.5. The minimum absolute atomic E-state index is 0.0309. The van der Waals surface area contributed by atoms with Crippen LogP contribution in [0.25, 0.3) is 6.08 Å². The summed E-state index contributed by atoms with van der Waals surface area (Å²) in [5, 5.41) is 0. The molecule has 2 heterocycles. The second-order valence-electron chi connectivity index (χ2n) is 5.81. The Balaban J connectivity index is 1.84. The third-order valence-electron chi connectivity index (χ3n) is 4.01. The fourth-order valence-corrected chi connectivity index (χ4v) is 5.99. The first kappa shape index (κ1) is 19.9. The first-order valence-electron chi connectivity index (χ1n) is 7.75. The first-order chi connectivity index (χ1) is 12.7. The Hall–Kier alpha value is -1.87. The molecule has 1 aliphatic heterocycles. The molecule has 1 aromatic carbocycles. The Morgan fingerprint density at radius 2 is 1.96 bits per heavy atom. The number of thiophene rings is 1. The molecule has 6 nitrogen and oxygen atoms in total. The molecule has 0 fully saturated rings. The fraction of sp³-hybridized carbons (Fsp3) is 0.176. The normalized spacial score (nSPS) is 16.1. The Morgan fingerprint density at radius 1 is 1.26 bits per heavy atom. The number of nitrogens with zero attached hydrogens (tertiary/aromatic N) is 1. The highest BCUT2D eigenvalue weighted by Crippen LogP contribution is 2.35. The lowest BCUT2D eigenvalue weighted by atomic mass is 9.94. The number of hydrogen-bond donors (Lipinski definition) is 1. The molecule has 142 valence electrons. The van der Waals surface area contributed by atoms with E-state index >= 15 is 0 Å². The second-order valence-corrected chi connectivity index (χ2v) is 9.74. The van der Waals surface area contributed by atoms with Crippen LogP contribution in [0.4, 0.5) is 0 Å². The van der Waals surface area contributed by atoms with Crippen LogP contribution in [0.5, 0.6) is 0 Å². The largest absolute Gasteiger partial charge is 0.311 e. The van der Waals surface area contributed by atoms with Gasteiger partial charge in [-0.25, -0.2) is 13.1 Å². The molecular weight excluding hydrogens is 431 g/mol. The molecule has 1 atom stereocenters. The Labute approximate surface area is 170 Å². The maximum Gasteiger partial charge on any atom is 0.266 e. The maximum atomic E-state index is 12.5. The van der Waals surface area contributed by atoms with Crippen molar-refractivity contribution in [3.05, 3.63) is 56.3 Å². The molecule has 2 aromatic rings. The van der Waals surface area contributed by atoms with Gasteiger partial charge < -0.3 is 4.90 Å². The zero-order valence-electron chi connectivity index (χ0n) is 14.0. The van der Waals surface area contributed by atoms with Gasteiger partial charge in [0.15, 0.2) is 0 Å². The van der Waals surface area contributed by atoms with E-state index in [0.717, 1.165) is 22.5 Å². The summed E-state index contributed by atoms with van der Waals surface area (Å²) in [7, 11) is -4.16. The molecule has 0 saturated heterocycles. The van der Waals surface area contributed by atoms with Crippen molar-refractivity contribution in [2.75, 3.05) is 0 Å². The number of halogens is 2. The summed E-state index contributed by atoms with van der Waals surface area (Å²) in [6.07, 6.45) is 3.14. The number of carbonyl (C=O) groups is 2. The molecule has 1 unspecified atom stereocenters. The molecule has 27 heavy (non-hydrogen) atoms. The molecule has 1 N–H and O–H groups in total. The van der Waals surface area contributed by atoms with E-state index in [9.17, 15) is 18.0 Å². The molecule has 2 amide bonds. The van der Waals surface area contributed by atoms with E-state index in [4.69, 9.17) is 23.2 Å². The fourth-order valence-electron chi connectivity index (χ4n) is 2.84. The first-order valence-corrected chi connectivity index (χ1v) is 10.8. The highest BCUT2D eigenvalue weighted by molar-refractivity contribution is 7.90. The van der Waals surface area contributed by atoms with Crippen molar-refractivity contribution in [3.63, 3.8) is 0 Å². The van der Waals surface area contributed by atoms with E-state index < -0.39 is 22.0 Å². The highest BCUT2D eigenvalue weighted by Gasteiger charge is 2.30. The van der Waals surface area contributed by atoms with E-state index in [-0.39, 0.29) is 25.9 Å². The molecule has 3 rings (SSSR count). The monoisotopic (exact) mass is 444 g/mol. The van der Waals surface area contributed by atoms with Crippen LogP contribution in [0.1, 0.15) is 30.5 Å². The van der Waals surface area contributed by atoms with Gasteiger partial charge in [-0.3, -0.25) is 9.59 Å². The van der Waals surface area contributed by atoms with Crippen LogP contribution in [0.15, 0.2) is 41.4 Å². The van der Waals surface area contributed by atoms with Crippen LogP contribution in [0.2, 0.25) is 8.67 Å². The van der Waals surface area contributed by atoms with E-state index in [1.165, 1.54) is 17.9 Å². The van der Waals surface area contributed by atoms with Crippen molar-refractivity contribution in [3.8, 4) is 0 Å². The van der Waals surface area contributed by atoms with Crippen LogP contribution in [0.3, 0.4) is 0 Å². The van der Waals surface area contributed by atoms with Gasteiger partial charge in [-0.05, 0) is 23.3 Å². The zero-order valence-corrected chi connectivity index (χ0v) is 17.1. The van der Waals surface area contributed by atoms with Gasteiger partial charge in [0.05, 0.1) is 16.8 Å². The third kappa shape index (κ3) is 4.19. The van der Waals surface area contributed by atoms with Gasteiger partial charge in [0.25, 0.3) is 10.0 Å². The molecule has 0 bridgehead atoms. The van der Waals surface area contributed by atoms with Crippen molar-refractivity contribution >= 4 is 62.5 Å². The van der Waals surface area contributed by atoms with Crippen molar-refractivity contribution in [2.45, 2.75) is 24.3 Å². The van der Waals surface area contributed by atoms with E-state index in [1.807, 2.05) is 16.9 Å². The summed E-state index contributed by atoms with van der Waals surface area (Å²) >= 11 is 12.5. The SMILES string of the molecule is CC(=O)N1C=Cc2ccccc2C1CC(=O)NS(=O)(=O)c1cc(Cl)sc1Cl. The Morgan fingerprint density at radius 3 is 2.59 bits per heavy atom. The van der Waals surface area contributed by atoms with E-state index in [0.29, 0.717) is 0 Å². The third-order valence-corrected chi connectivity index (χ3v) is 7.14. The number of benzene rings is 1. The molecule has 10 heteroatoms. The smallest absolute Gasteiger partial charge is 0.266 e. The Bertz CT molecular complexity index is 1050. The van der Waals surface area contributed by atoms with Crippen molar-refractivity contribution in [1.29, 1.82) is 0 Å². The number of carbonyl (C=O) groups excluding carboxylic acids is 2. The number of sulfonamides is 1. The standard InChI is InChI=1S/C17H14Cl2N2O4S2/c1-10(22)21-7-6-11-4-2-3-5-12(11)13(21)8-16(23)20-27(24,25)14-9-15(18)26-17(14)19/h2-7,9,13H,8H2,1H3,(H,20,23). The average molecular weight is 445 g/mol. The van der Waals surface area contributed by atoms with E-state index in [1.54, 1.807) is 24.4 Å². The lowest BCUT2D eigenvalue weighted by molar-refractivity contribution is -0.129. The summed E-state index contributed by atoms with van der Waals surface area (Å²) in [4.78, 5) is 25.6. The number of hydrogen-bond acceptors (Lipinski definition) is 5. The number of nitrogens with one attached hydrogen (secondary N) is 1. The predicted molar refractivity (Wildman–Crippen MR) is 105 cm³/mol. The zero-order chi connectivity index (χ0) is 19.8. The summed E-state index contributed by atoms with van der Waals surface area (Å²) < 4.78 is 27.0. The summed E-state index contributed by atoms with van der Waals surface area (Å²) in [6, 6.07) is 7.88. The van der Waals surface area contributed by atoms with Crippen LogP contribution in [-0.4, -0.2) is 25.1 Å². The summed E-state index contributed by atoms with van der Waals surface area (Å²) in [5.74, 6) is -1.01. The van der Waals surface area contributed by atoms with Gasteiger partial charge >= 0.3 is 0 Å². The Kier molecular flexibility index (Phi) is 5.62. The molecule has 0 radical (unpaired) electrons. The van der Waals surface area contributed by atoms with Gasteiger partial charge in [0.2, 0.25) is 11.8 Å². The molecule has 0 saturated carbocycles. The number of rotatable bonds is 4. The van der Waals surface area contributed by atoms with Crippen LogP contribution >= 0.6 is 34.5 Å². The molecule has 1 aliphatic rings. The van der Waals surface area contributed by atoms with Crippen molar-refractivity contribution < 1.29 is 18.0 Å². The van der Waals surface area contributed by atoms with Crippen LogP contribution < -0.4 is 4.72 Å². The van der Waals surface area contributed by atoms with Crippen LogP contribution in [0, 0.1) is 0 Å². The van der Waals surface area contributed by atoms with Gasteiger partial charge in [0.1, 0.15) is 9.23 Å². The molecular formula is C17H14Cl2N2O4S2. The second kappa shape index (κ2) is 7.63. The summed E-state index contributed by atoms with van der Waals surface area (Å²) in [6.45, 7) is 1.38.